The number of hydrogen-bond acceptors (Lipinski definition) is 4. The molecule has 1 heterocycles. The zero-order valence-corrected chi connectivity index (χ0v) is 9.55. The first kappa shape index (κ1) is 11.3. The van der Waals surface area contributed by atoms with E-state index in [4.69, 9.17) is 5.73 Å². The quantitative estimate of drug-likeness (QED) is 0.829. The number of primary amides is 1. The molecule has 0 aliphatic rings. The van der Waals surface area contributed by atoms with Gasteiger partial charge in [-0.1, -0.05) is 18.2 Å². The van der Waals surface area contributed by atoms with Gasteiger partial charge in [-0.15, -0.1) is 0 Å². The smallest absolute Gasteiger partial charge is 0.219 e. The number of anilines is 1. The first-order valence-corrected chi connectivity index (χ1v) is 5.42. The lowest BCUT2D eigenvalue weighted by molar-refractivity contribution is -0.118. The number of amides is 1. The molecule has 0 aliphatic carbocycles. The third kappa shape index (κ3) is 2.69. The lowest BCUT2D eigenvalue weighted by Crippen LogP contribution is -2.24. The molecular formula is C12H14N4O. The van der Waals surface area contributed by atoms with Gasteiger partial charge in [0.2, 0.25) is 5.91 Å². The summed E-state index contributed by atoms with van der Waals surface area (Å²) < 4.78 is 0. The summed E-state index contributed by atoms with van der Waals surface area (Å²) in [4.78, 5) is 10.8. The van der Waals surface area contributed by atoms with Crippen molar-refractivity contribution in [2.75, 3.05) is 5.32 Å². The molecule has 0 saturated heterocycles. The van der Waals surface area contributed by atoms with Crippen LogP contribution in [0.4, 0.5) is 5.69 Å². The molecule has 3 N–H and O–H groups in total. The molecule has 2 aromatic rings. The highest BCUT2D eigenvalue weighted by Crippen LogP contribution is 2.20. The fourth-order valence-electron chi connectivity index (χ4n) is 1.74. The number of benzene rings is 1. The molecule has 0 saturated carbocycles. The van der Waals surface area contributed by atoms with Gasteiger partial charge in [0.15, 0.2) is 0 Å². The van der Waals surface area contributed by atoms with Crippen LogP contribution in [0, 0.1) is 0 Å². The highest BCUT2D eigenvalue weighted by molar-refractivity contribution is 5.90. The predicted molar refractivity (Wildman–Crippen MR) is 66.4 cm³/mol. The van der Waals surface area contributed by atoms with E-state index >= 15 is 0 Å². The van der Waals surface area contributed by atoms with Gasteiger partial charge in [0.25, 0.3) is 0 Å². The van der Waals surface area contributed by atoms with E-state index in [1.807, 2.05) is 31.2 Å². The molecule has 0 radical (unpaired) electrons. The van der Waals surface area contributed by atoms with Crippen molar-refractivity contribution >= 4 is 22.5 Å². The molecule has 0 aliphatic heterocycles. The second-order valence-corrected chi connectivity index (χ2v) is 3.99. The van der Waals surface area contributed by atoms with Gasteiger partial charge in [-0.2, -0.15) is 10.2 Å². The highest BCUT2D eigenvalue weighted by Gasteiger charge is 2.08. The molecule has 88 valence electrons. The molecule has 1 unspecified atom stereocenters. The van der Waals surface area contributed by atoms with E-state index in [-0.39, 0.29) is 18.4 Å². The monoisotopic (exact) mass is 230 g/mol. The molecule has 5 heteroatoms. The van der Waals surface area contributed by atoms with Crippen molar-refractivity contribution in [1.82, 2.24) is 10.2 Å². The number of aromatic nitrogens is 2. The molecule has 17 heavy (non-hydrogen) atoms. The van der Waals surface area contributed by atoms with Crippen LogP contribution in [-0.2, 0) is 4.79 Å². The fourth-order valence-corrected chi connectivity index (χ4v) is 1.74. The predicted octanol–water partition coefficient (Wildman–Crippen LogP) is 1.31. The molecule has 0 bridgehead atoms. The number of rotatable bonds is 4. The average molecular weight is 230 g/mol. The van der Waals surface area contributed by atoms with Gasteiger partial charge in [-0.05, 0) is 13.0 Å². The SMILES string of the molecule is CC(CC(N)=O)Nc1cnnc2ccccc12. The summed E-state index contributed by atoms with van der Waals surface area (Å²) in [6.45, 7) is 1.90. The van der Waals surface area contributed by atoms with Crippen LogP contribution < -0.4 is 11.1 Å². The molecule has 1 aromatic heterocycles. The van der Waals surface area contributed by atoms with Gasteiger partial charge in [-0.25, -0.2) is 0 Å². The normalized spacial score (nSPS) is 12.3. The molecule has 1 amide bonds. The second-order valence-electron chi connectivity index (χ2n) is 3.99. The lowest BCUT2D eigenvalue weighted by atomic mass is 10.1. The Kier molecular flexibility index (Phi) is 3.18. The molecule has 0 fully saturated rings. The number of carbonyl (C=O) groups is 1. The van der Waals surface area contributed by atoms with Gasteiger partial charge < -0.3 is 11.1 Å². The Bertz CT molecular complexity index is 536. The lowest BCUT2D eigenvalue weighted by Gasteiger charge is -2.14. The van der Waals surface area contributed by atoms with Crippen LogP contribution in [0.5, 0.6) is 0 Å². The fraction of sp³-hybridized carbons (Fsp3) is 0.250. The maximum atomic E-state index is 10.8. The molecule has 1 aromatic carbocycles. The van der Waals surface area contributed by atoms with Crippen molar-refractivity contribution in [3.05, 3.63) is 30.5 Å². The van der Waals surface area contributed by atoms with Crippen LogP contribution in [0.1, 0.15) is 13.3 Å². The number of carbonyl (C=O) groups excluding carboxylic acids is 1. The number of nitrogens with one attached hydrogen (secondary N) is 1. The Labute approximate surface area is 99.0 Å². The zero-order valence-electron chi connectivity index (χ0n) is 9.55. The molecule has 2 rings (SSSR count). The maximum Gasteiger partial charge on any atom is 0.219 e. The van der Waals surface area contributed by atoms with Crippen LogP contribution in [0.2, 0.25) is 0 Å². The third-order valence-electron chi connectivity index (χ3n) is 2.46. The van der Waals surface area contributed by atoms with Gasteiger partial charge in [-0.3, -0.25) is 4.79 Å². The van der Waals surface area contributed by atoms with Crippen LogP contribution in [0.25, 0.3) is 10.9 Å². The Morgan fingerprint density at radius 1 is 1.47 bits per heavy atom. The summed E-state index contributed by atoms with van der Waals surface area (Å²) in [7, 11) is 0. The minimum atomic E-state index is -0.323. The van der Waals surface area contributed by atoms with Gasteiger partial charge in [0, 0.05) is 17.8 Å². The van der Waals surface area contributed by atoms with Crippen molar-refractivity contribution < 1.29 is 4.79 Å². The van der Waals surface area contributed by atoms with Crippen molar-refractivity contribution in [3.8, 4) is 0 Å². The molecular weight excluding hydrogens is 216 g/mol. The number of nitrogens with two attached hydrogens (primary N) is 1. The second kappa shape index (κ2) is 4.78. The summed E-state index contributed by atoms with van der Waals surface area (Å²) >= 11 is 0. The van der Waals surface area contributed by atoms with Crippen molar-refractivity contribution in [2.24, 2.45) is 5.73 Å². The van der Waals surface area contributed by atoms with E-state index in [1.54, 1.807) is 6.20 Å². The Morgan fingerprint density at radius 2 is 2.24 bits per heavy atom. The number of fused-ring (bicyclic) bond motifs is 1. The standard InChI is InChI=1S/C12H14N4O/c1-8(6-12(13)17)15-11-7-14-16-10-5-3-2-4-9(10)11/h2-5,7-8H,6H2,1H3,(H2,13,17)(H,15,16). The summed E-state index contributed by atoms with van der Waals surface area (Å²) in [6.07, 6.45) is 1.94. The van der Waals surface area contributed by atoms with Crippen molar-refractivity contribution in [1.29, 1.82) is 0 Å². The van der Waals surface area contributed by atoms with E-state index in [2.05, 4.69) is 15.5 Å². The summed E-state index contributed by atoms with van der Waals surface area (Å²) in [5.74, 6) is -0.323. The Balaban J connectivity index is 2.26. The topological polar surface area (TPSA) is 80.9 Å². The number of nitrogens with zero attached hydrogens (tertiary/aromatic N) is 2. The summed E-state index contributed by atoms with van der Waals surface area (Å²) in [5.41, 5.74) is 6.84. The molecule has 5 nitrogen and oxygen atoms in total. The van der Waals surface area contributed by atoms with Gasteiger partial charge in [0.05, 0.1) is 17.4 Å². The summed E-state index contributed by atoms with van der Waals surface area (Å²) in [5, 5.41) is 12.1. The van der Waals surface area contributed by atoms with Crippen LogP contribution >= 0.6 is 0 Å². The maximum absolute atomic E-state index is 10.8. The van der Waals surface area contributed by atoms with E-state index in [1.165, 1.54) is 0 Å². The Morgan fingerprint density at radius 3 is 3.00 bits per heavy atom. The van der Waals surface area contributed by atoms with E-state index < -0.39 is 0 Å². The zero-order chi connectivity index (χ0) is 12.3. The molecule has 0 spiro atoms. The van der Waals surface area contributed by atoms with E-state index in [0.717, 1.165) is 16.6 Å². The van der Waals surface area contributed by atoms with Gasteiger partial charge >= 0.3 is 0 Å². The number of hydrogen-bond donors (Lipinski definition) is 2. The van der Waals surface area contributed by atoms with Gasteiger partial charge in [0.1, 0.15) is 0 Å². The summed E-state index contributed by atoms with van der Waals surface area (Å²) in [6, 6.07) is 7.68. The van der Waals surface area contributed by atoms with Crippen LogP contribution in [0.15, 0.2) is 30.5 Å². The van der Waals surface area contributed by atoms with Crippen molar-refractivity contribution in [3.63, 3.8) is 0 Å². The third-order valence-corrected chi connectivity index (χ3v) is 2.46. The minimum Gasteiger partial charge on any atom is -0.380 e. The highest BCUT2D eigenvalue weighted by atomic mass is 16.1. The van der Waals surface area contributed by atoms with E-state index in [0.29, 0.717) is 0 Å². The van der Waals surface area contributed by atoms with E-state index in [9.17, 15) is 4.79 Å². The average Bonchev–Trinajstić information content (AvgIpc) is 2.28. The van der Waals surface area contributed by atoms with Crippen LogP contribution in [0.3, 0.4) is 0 Å². The van der Waals surface area contributed by atoms with Crippen molar-refractivity contribution in [2.45, 2.75) is 19.4 Å². The minimum absolute atomic E-state index is 0.0277. The Hall–Kier alpha value is -2.17. The first-order valence-electron chi connectivity index (χ1n) is 5.42. The molecule has 1 atom stereocenters. The largest absolute Gasteiger partial charge is 0.380 e. The first-order chi connectivity index (χ1) is 8.16. The van der Waals surface area contributed by atoms with Crippen LogP contribution in [-0.4, -0.2) is 22.1 Å².